The number of phenolic OH excluding ortho intramolecular Hbond substituents is 1. The predicted octanol–water partition coefficient (Wildman–Crippen LogP) is 3.63. The third-order valence-corrected chi connectivity index (χ3v) is 4.72. The fourth-order valence-corrected chi connectivity index (χ4v) is 3.20. The molecule has 0 bridgehead atoms. The fourth-order valence-electron chi connectivity index (χ4n) is 3.20. The Balaban J connectivity index is 1.76. The third-order valence-electron chi connectivity index (χ3n) is 4.72. The standard InChI is InChI=1S/C23H21NO6/c1-14-12-20(21(26)13-30-23(28)17-6-10-19(25)11-7-17)15(2)24(14)18-8-4-16(5-9-18)22(27)29-3/h4-12,25H,13H2,1-3H3. The molecular weight excluding hydrogens is 386 g/mol. The van der Waals surface area contributed by atoms with Gasteiger partial charge < -0.3 is 19.1 Å². The summed E-state index contributed by atoms with van der Waals surface area (Å²) in [5.41, 5.74) is 3.44. The van der Waals surface area contributed by atoms with Crippen LogP contribution in [0.25, 0.3) is 5.69 Å². The Morgan fingerprint density at radius 2 is 1.47 bits per heavy atom. The lowest BCUT2D eigenvalue weighted by Crippen LogP contribution is -2.15. The highest BCUT2D eigenvalue weighted by molar-refractivity contribution is 6.00. The van der Waals surface area contributed by atoms with Crippen molar-refractivity contribution in [3.8, 4) is 11.4 Å². The first-order chi connectivity index (χ1) is 14.3. The smallest absolute Gasteiger partial charge is 0.338 e. The number of nitrogens with zero attached hydrogens (tertiary/aromatic N) is 1. The number of aryl methyl sites for hydroxylation is 1. The van der Waals surface area contributed by atoms with E-state index in [4.69, 9.17) is 9.47 Å². The Labute approximate surface area is 173 Å². The molecule has 3 rings (SSSR count). The quantitative estimate of drug-likeness (QED) is 0.495. The molecule has 0 aliphatic rings. The topological polar surface area (TPSA) is 94.8 Å². The van der Waals surface area contributed by atoms with Crippen LogP contribution < -0.4 is 0 Å². The Hall–Kier alpha value is -3.87. The van der Waals surface area contributed by atoms with Crippen molar-refractivity contribution in [2.75, 3.05) is 13.7 Å². The number of Topliss-reactive ketones (excluding diaryl/α,β-unsaturated/α-hetero) is 1. The molecule has 1 aromatic heterocycles. The van der Waals surface area contributed by atoms with Crippen molar-refractivity contribution in [3.63, 3.8) is 0 Å². The maximum absolute atomic E-state index is 12.6. The maximum atomic E-state index is 12.6. The van der Waals surface area contributed by atoms with Crippen LogP contribution >= 0.6 is 0 Å². The van der Waals surface area contributed by atoms with Crippen LogP contribution in [0.15, 0.2) is 54.6 Å². The molecule has 0 saturated heterocycles. The first-order valence-corrected chi connectivity index (χ1v) is 9.19. The number of aromatic nitrogens is 1. The molecule has 0 amide bonds. The number of phenols is 1. The molecule has 0 atom stereocenters. The molecule has 1 N–H and O–H groups in total. The highest BCUT2D eigenvalue weighted by Crippen LogP contribution is 2.22. The Kier molecular flexibility index (Phi) is 6.01. The lowest BCUT2D eigenvalue weighted by molar-refractivity contribution is 0.0474. The minimum absolute atomic E-state index is 0.0367. The van der Waals surface area contributed by atoms with E-state index >= 15 is 0 Å². The highest BCUT2D eigenvalue weighted by Gasteiger charge is 2.19. The molecule has 154 valence electrons. The minimum Gasteiger partial charge on any atom is -0.508 e. The lowest BCUT2D eigenvalue weighted by Gasteiger charge is -2.11. The molecular formula is C23H21NO6. The van der Waals surface area contributed by atoms with Crippen LogP contribution in [0.3, 0.4) is 0 Å². The number of hydrogen-bond acceptors (Lipinski definition) is 6. The lowest BCUT2D eigenvalue weighted by atomic mass is 10.1. The molecule has 0 aliphatic heterocycles. The van der Waals surface area contributed by atoms with Gasteiger partial charge in [0.05, 0.1) is 18.2 Å². The summed E-state index contributed by atoms with van der Waals surface area (Å²) in [5.74, 6) is -1.35. The van der Waals surface area contributed by atoms with Gasteiger partial charge in [-0.2, -0.15) is 0 Å². The highest BCUT2D eigenvalue weighted by atomic mass is 16.5. The van der Waals surface area contributed by atoms with Crippen LogP contribution in [-0.4, -0.2) is 41.1 Å². The van der Waals surface area contributed by atoms with Crippen LogP contribution in [-0.2, 0) is 9.47 Å². The van der Waals surface area contributed by atoms with Crippen molar-refractivity contribution >= 4 is 17.7 Å². The van der Waals surface area contributed by atoms with Crippen LogP contribution in [0.1, 0.15) is 42.5 Å². The van der Waals surface area contributed by atoms with Crippen molar-refractivity contribution < 1.29 is 29.0 Å². The number of esters is 2. The number of carbonyl (C=O) groups is 3. The minimum atomic E-state index is -0.643. The molecule has 0 spiro atoms. The van der Waals surface area contributed by atoms with E-state index in [0.717, 1.165) is 11.4 Å². The second kappa shape index (κ2) is 8.65. The van der Waals surface area contributed by atoms with Crippen molar-refractivity contribution in [1.29, 1.82) is 0 Å². The van der Waals surface area contributed by atoms with Gasteiger partial charge in [0.25, 0.3) is 0 Å². The second-order valence-electron chi connectivity index (χ2n) is 6.70. The molecule has 0 radical (unpaired) electrons. The zero-order valence-corrected chi connectivity index (χ0v) is 16.8. The molecule has 0 saturated carbocycles. The van der Waals surface area contributed by atoms with E-state index in [2.05, 4.69) is 0 Å². The summed E-state index contributed by atoms with van der Waals surface area (Å²) in [4.78, 5) is 36.3. The molecule has 0 aliphatic carbocycles. The number of hydrogen-bond donors (Lipinski definition) is 1. The largest absolute Gasteiger partial charge is 0.508 e. The molecule has 7 heteroatoms. The third kappa shape index (κ3) is 4.25. The second-order valence-corrected chi connectivity index (χ2v) is 6.70. The van der Waals surface area contributed by atoms with Gasteiger partial charge in [0.1, 0.15) is 5.75 Å². The van der Waals surface area contributed by atoms with E-state index in [0.29, 0.717) is 16.8 Å². The average Bonchev–Trinajstić information content (AvgIpc) is 3.05. The van der Waals surface area contributed by atoms with Gasteiger partial charge in [0.2, 0.25) is 5.78 Å². The zero-order valence-electron chi connectivity index (χ0n) is 16.8. The number of rotatable bonds is 6. The van der Waals surface area contributed by atoms with Crippen LogP contribution in [0.5, 0.6) is 5.75 Å². The molecule has 1 heterocycles. The van der Waals surface area contributed by atoms with Crippen LogP contribution in [0, 0.1) is 13.8 Å². The van der Waals surface area contributed by atoms with Gasteiger partial charge in [-0.1, -0.05) is 0 Å². The first-order valence-electron chi connectivity index (χ1n) is 9.19. The van der Waals surface area contributed by atoms with Crippen molar-refractivity contribution in [2.45, 2.75) is 13.8 Å². The molecule has 2 aromatic carbocycles. The number of ketones is 1. The predicted molar refractivity (Wildman–Crippen MR) is 109 cm³/mol. The van der Waals surface area contributed by atoms with Gasteiger partial charge in [-0.15, -0.1) is 0 Å². The molecule has 3 aromatic rings. The Morgan fingerprint density at radius 1 is 0.900 bits per heavy atom. The number of ether oxygens (including phenoxy) is 2. The summed E-state index contributed by atoms with van der Waals surface area (Å²) in [7, 11) is 1.32. The van der Waals surface area contributed by atoms with E-state index < -0.39 is 18.5 Å². The van der Waals surface area contributed by atoms with E-state index in [1.54, 1.807) is 37.3 Å². The summed E-state index contributed by atoms with van der Waals surface area (Å²) in [6.07, 6.45) is 0. The summed E-state index contributed by atoms with van der Waals surface area (Å²) >= 11 is 0. The average molecular weight is 407 g/mol. The summed E-state index contributed by atoms with van der Waals surface area (Å²) < 4.78 is 11.7. The summed E-state index contributed by atoms with van der Waals surface area (Å²) in [6.45, 7) is 3.27. The van der Waals surface area contributed by atoms with Gasteiger partial charge in [0.15, 0.2) is 6.61 Å². The van der Waals surface area contributed by atoms with E-state index in [9.17, 15) is 19.5 Å². The number of benzene rings is 2. The Morgan fingerprint density at radius 3 is 2.07 bits per heavy atom. The Bertz CT molecular complexity index is 1090. The monoisotopic (exact) mass is 407 g/mol. The van der Waals surface area contributed by atoms with E-state index in [-0.39, 0.29) is 17.1 Å². The van der Waals surface area contributed by atoms with Gasteiger partial charge in [-0.25, -0.2) is 9.59 Å². The summed E-state index contributed by atoms with van der Waals surface area (Å²) in [5, 5.41) is 9.28. The van der Waals surface area contributed by atoms with Crippen LogP contribution in [0.2, 0.25) is 0 Å². The number of carbonyl (C=O) groups excluding carboxylic acids is 3. The van der Waals surface area contributed by atoms with E-state index in [1.165, 1.54) is 31.4 Å². The van der Waals surface area contributed by atoms with Crippen molar-refractivity contribution in [2.24, 2.45) is 0 Å². The van der Waals surface area contributed by atoms with Gasteiger partial charge in [0, 0.05) is 22.6 Å². The SMILES string of the molecule is COC(=O)c1ccc(-n2c(C)cc(C(=O)COC(=O)c3ccc(O)cc3)c2C)cc1. The van der Waals surface area contributed by atoms with Gasteiger partial charge >= 0.3 is 11.9 Å². The molecule has 0 fully saturated rings. The van der Waals surface area contributed by atoms with Crippen LogP contribution in [0.4, 0.5) is 0 Å². The normalized spacial score (nSPS) is 10.5. The van der Waals surface area contributed by atoms with Gasteiger partial charge in [-0.3, -0.25) is 4.79 Å². The zero-order chi connectivity index (χ0) is 21.8. The van der Waals surface area contributed by atoms with Crippen molar-refractivity contribution in [3.05, 3.63) is 82.7 Å². The first kappa shape index (κ1) is 20.9. The van der Waals surface area contributed by atoms with Crippen molar-refractivity contribution in [1.82, 2.24) is 4.57 Å². The number of aromatic hydroxyl groups is 1. The van der Waals surface area contributed by atoms with Gasteiger partial charge in [-0.05, 0) is 68.4 Å². The summed E-state index contributed by atoms with van der Waals surface area (Å²) in [6, 6.07) is 14.2. The maximum Gasteiger partial charge on any atom is 0.338 e. The fraction of sp³-hybridized carbons (Fsp3) is 0.174. The number of methoxy groups -OCH3 is 1. The molecule has 30 heavy (non-hydrogen) atoms. The molecule has 0 unspecified atom stereocenters. The van der Waals surface area contributed by atoms with E-state index in [1.807, 2.05) is 11.5 Å². The molecule has 7 nitrogen and oxygen atoms in total.